The number of anilines is 2. The minimum Gasteiger partial charge on any atom is -0.323 e. The standard InChI is InChI=1S/C10H8N6O2/c1-15-5-4-10(14-15)13-9-3-2-8(16(17)18)7(6-11)12-9/h2-5H,1H3,(H,12,13,14). The van der Waals surface area contributed by atoms with Crippen LogP contribution in [0, 0.1) is 21.4 Å². The monoisotopic (exact) mass is 244 g/mol. The molecule has 2 rings (SSSR count). The highest BCUT2D eigenvalue weighted by molar-refractivity contribution is 5.56. The Morgan fingerprint density at radius 1 is 1.44 bits per heavy atom. The zero-order chi connectivity index (χ0) is 13.1. The van der Waals surface area contributed by atoms with Gasteiger partial charge in [0.25, 0.3) is 0 Å². The summed E-state index contributed by atoms with van der Waals surface area (Å²) in [6, 6.07) is 6.06. The van der Waals surface area contributed by atoms with Crippen molar-refractivity contribution in [1.29, 1.82) is 5.26 Å². The Kier molecular flexibility index (Phi) is 2.89. The Morgan fingerprint density at radius 3 is 2.78 bits per heavy atom. The van der Waals surface area contributed by atoms with E-state index >= 15 is 0 Å². The molecule has 0 aliphatic carbocycles. The van der Waals surface area contributed by atoms with Crippen LogP contribution in [-0.4, -0.2) is 19.7 Å². The molecule has 2 heterocycles. The summed E-state index contributed by atoms with van der Waals surface area (Å²) in [6.07, 6.45) is 1.74. The predicted octanol–water partition coefficient (Wildman–Crippen LogP) is 1.34. The second-order valence-corrected chi connectivity index (χ2v) is 3.43. The van der Waals surface area contributed by atoms with Gasteiger partial charge in [-0.2, -0.15) is 10.4 Å². The van der Waals surface area contributed by atoms with Gasteiger partial charge in [0, 0.05) is 25.4 Å². The molecule has 0 aromatic carbocycles. The van der Waals surface area contributed by atoms with Gasteiger partial charge >= 0.3 is 5.69 Å². The molecule has 0 fully saturated rings. The number of nitriles is 1. The number of aryl methyl sites for hydroxylation is 1. The van der Waals surface area contributed by atoms with E-state index in [9.17, 15) is 10.1 Å². The lowest BCUT2D eigenvalue weighted by molar-refractivity contribution is -0.385. The highest BCUT2D eigenvalue weighted by Gasteiger charge is 2.15. The van der Waals surface area contributed by atoms with Crippen LogP contribution in [0.3, 0.4) is 0 Å². The Morgan fingerprint density at radius 2 is 2.22 bits per heavy atom. The average molecular weight is 244 g/mol. The first-order valence-electron chi connectivity index (χ1n) is 4.92. The lowest BCUT2D eigenvalue weighted by Crippen LogP contribution is -2.00. The van der Waals surface area contributed by atoms with Crippen molar-refractivity contribution in [2.75, 3.05) is 5.32 Å². The van der Waals surface area contributed by atoms with E-state index in [2.05, 4.69) is 15.4 Å². The number of rotatable bonds is 3. The Balaban J connectivity index is 2.31. The minimum atomic E-state index is -0.643. The van der Waals surface area contributed by atoms with Crippen molar-refractivity contribution in [3.8, 4) is 6.07 Å². The zero-order valence-corrected chi connectivity index (χ0v) is 9.36. The van der Waals surface area contributed by atoms with Crippen LogP contribution in [0.25, 0.3) is 0 Å². The van der Waals surface area contributed by atoms with Crippen LogP contribution in [0.4, 0.5) is 17.3 Å². The maximum absolute atomic E-state index is 10.6. The lowest BCUT2D eigenvalue weighted by Gasteiger charge is -2.02. The third-order valence-corrected chi connectivity index (χ3v) is 2.15. The number of pyridine rings is 1. The van der Waals surface area contributed by atoms with E-state index in [1.54, 1.807) is 30.1 Å². The molecule has 18 heavy (non-hydrogen) atoms. The van der Waals surface area contributed by atoms with Crippen molar-refractivity contribution in [2.45, 2.75) is 0 Å². The summed E-state index contributed by atoms with van der Waals surface area (Å²) in [5, 5.41) is 26.3. The number of nitrogens with zero attached hydrogens (tertiary/aromatic N) is 5. The molecule has 0 saturated carbocycles. The van der Waals surface area contributed by atoms with E-state index in [-0.39, 0.29) is 11.4 Å². The third-order valence-electron chi connectivity index (χ3n) is 2.15. The van der Waals surface area contributed by atoms with Gasteiger partial charge in [-0.1, -0.05) is 0 Å². The molecule has 2 aromatic heterocycles. The van der Waals surface area contributed by atoms with Crippen molar-refractivity contribution in [2.24, 2.45) is 7.05 Å². The molecule has 2 aromatic rings. The number of nitro groups is 1. The van der Waals surface area contributed by atoms with Gasteiger partial charge < -0.3 is 5.32 Å². The zero-order valence-electron chi connectivity index (χ0n) is 9.36. The van der Waals surface area contributed by atoms with Crippen LogP contribution in [-0.2, 0) is 7.05 Å². The van der Waals surface area contributed by atoms with Crippen molar-refractivity contribution >= 4 is 17.3 Å². The van der Waals surface area contributed by atoms with E-state index in [0.717, 1.165) is 0 Å². The summed E-state index contributed by atoms with van der Waals surface area (Å²) in [5.41, 5.74) is -0.551. The first kappa shape index (κ1) is 11.5. The Bertz CT molecular complexity index is 642. The fourth-order valence-electron chi connectivity index (χ4n) is 1.36. The quantitative estimate of drug-likeness (QED) is 0.644. The summed E-state index contributed by atoms with van der Waals surface area (Å²) in [7, 11) is 1.76. The topological polar surface area (TPSA) is 110 Å². The van der Waals surface area contributed by atoms with Crippen LogP contribution < -0.4 is 5.32 Å². The van der Waals surface area contributed by atoms with Gasteiger partial charge in [-0.3, -0.25) is 14.8 Å². The number of hydrogen-bond donors (Lipinski definition) is 1. The normalized spacial score (nSPS) is 9.78. The number of hydrogen-bond acceptors (Lipinski definition) is 6. The SMILES string of the molecule is Cn1ccc(Nc2ccc([N+](=O)[O-])c(C#N)n2)n1. The molecule has 0 bridgehead atoms. The molecule has 0 spiro atoms. The first-order valence-corrected chi connectivity index (χ1v) is 4.92. The second-order valence-electron chi connectivity index (χ2n) is 3.43. The van der Waals surface area contributed by atoms with Gasteiger partial charge in [-0.05, 0) is 6.07 Å². The fraction of sp³-hybridized carbons (Fsp3) is 0.100. The predicted molar refractivity (Wildman–Crippen MR) is 62.1 cm³/mol. The molecular formula is C10H8N6O2. The highest BCUT2D eigenvalue weighted by atomic mass is 16.6. The third kappa shape index (κ3) is 2.25. The molecule has 1 N–H and O–H groups in total. The maximum Gasteiger partial charge on any atom is 0.305 e. The van der Waals surface area contributed by atoms with Crippen LogP contribution >= 0.6 is 0 Å². The molecule has 0 radical (unpaired) electrons. The van der Waals surface area contributed by atoms with Crippen molar-refractivity contribution < 1.29 is 4.92 Å². The molecule has 0 saturated heterocycles. The lowest BCUT2D eigenvalue weighted by atomic mass is 10.3. The fourth-order valence-corrected chi connectivity index (χ4v) is 1.36. The molecule has 8 heteroatoms. The summed E-state index contributed by atoms with van der Waals surface area (Å²) in [4.78, 5) is 13.8. The summed E-state index contributed by atoms with van der Waals surface area (Å²) in [5.74, 6) is 0.874. The van der Waals surface area contributed by atoms with Crippen molar-refractivity contribution in [3.63, 3.8) is 0 Å². The van der Waals surface area contributed by atoms with E-state index in [0.29, 0.717) is 11.6 Å². The molecule has 90 valence electrons. The van der Waals surface area contributed by atoms with Crippen molar-refractivity contribution in [3.05, 3.63) is 40.2 Å². The van der Waals surface area contributed by atoms with E-state index in [1.807, 2.05) is 0 Å². The van der Waals surface area contributed by atoms with E-state index < -0.39 is 4.92 Å². The van der Waals surface area contributed by atoms with Gasteiger partial charge in [0.15, 0.2) is 5.82 Å². The molecule has 0 unspecified atom stereocenters. The summed E-state index contributed by atoms with van der Waals surface area (Å²) >= 11 is 0. The Labute approximate surface area is 102 Å². The van der Waals surface area contributed by atoms with Crippen LogP contribution in [0.5, 0.6) is 0 Å². The molecule has 0 amide bonds. The average Bonchev–Trinajstić information content (AvgIpc) is 2.74. The summed E-state index contributed by atoms with van der Waals surface area (Å²) < 4.78 is 1.60. The molecular weight excluding hydrogens is 236 g/mol. The number of nitrogens with one attached hydrogen (secondary N) is 1. The smallest absolute Gasteiger partial charge is 0.305 e. The van der Waals surface area contributed by atoms with Crippen LogP contribution in [0.15, 0.2) is 24.4 Å². The van der Waals surface area contributed by atoms with Gasteiger partial charge in [0.05, 0.1) is 4.92 Å². The van der Waals surface area contributed by atoms with E-state index in [4.69, 9.17) is 5.26 Å². The largest absolute Gasteiger partial charge is 0.323 e. The molecule has 0 aliphatic heterocycles. The van der Waals surface area contributed by atoms with Crippen LogP contribution in [0.2, 0.25) is 0 Å². The van der Waals surface area contributed by atoms with E-state index in [1.165, 1.54) is 12.1 Å². The molecule has 0 aliphatic rings. The number of aromatic nitrogens is 3. The molecule has 8 nitrogen and oxygen atoms in total. The highest BCUT2D eigenvalue weighted by Crippen LogP contribution is 2.19. The summed E-state index contributed by atoms with van der Waals surface area (Å²) in [6.45, 7) is 0. The maximum atomic E-state index is 10.6. The van der Waals surface area contributed by atoms with Crippen molar-refractivity contribution in [1.82, 2.24) is 14.8 Å². The second kappa shape index (κ2) is 4.50. The minimum absolute atomic E-state index is 0.235. The first-order chi connectivity index (χ1) is 8.60. The van der Waals surface area contributed by atoms with Crippen LogP contribution in [0.1, 0.15) is 5.69 Å². The Hall–Kier alpha value is -2.95. The van der Waals surface area contributed by atoms with Gasteiger partial charge in [0.1, 0.15) is 11.9 Å². The van der Waals surface area contributed by atoms with Gasteiger partial charge in [-0.25, -0.2) is 4.98 Å². The van der Waals surface area contributed by atoms with Gasteiger partial charge in [-0.15, -0.1) is 0 Å². The van der Waals surface area contributed by atoms with Gasteiger partial charge in [0.2, 0.25) is 5.69 Å². The molecule has 0 atom stereocenters.